The first-order valence-electron chi connectivity index (χ1n) is 10.1. The molecule has 2 N–H and O–H groups in total. The summed E-state index contributed by atoms with van der Waals surface area (Å²) in [6.07, 6.45) is 0. The molecule has 0 radical (unpaired) electrons. The van der Waals surface area contributed by atoms with Crippen molar-refractivity contribution in [3.63, 3.8) is 0 Å². The highest BCUT2D eigenvalue weighted by Gasteiger charge is 2.21. The Hall–Kier alpha value is -4.13. The Labute approximate surface area is 178 Å². The maximum atomic E-state index is 11.7. The quantitative estimate of drug-likeness (QED) is 0.422. The number of hydrogen-bond acceptors (Lipinski definition) is 4. The molecule has 0 aliphatic heterocycles. The Morgan fingerprint density at radius 3 is 2.39 bits per heavy atom. The van der Waals surface area contributed by atoms with Crippen molar-refractivity contribution in [1.82, 2.24) is 19.5 Å². The molecule has 7 heteroatoms. The Morgan fingerprint density at radius 1 is 0.903 bits per heavy atom. The van der Waals surface area contributed by atoms with Gasteiger partial charge in [0.05, 0.1) is 35.2 Å². The summed E-state index contributed by atoms with van der Waals surface area (Å²) in [5, 5.41) is 9.61. The number of nitrogens with zero attached hydrogens (tertiary/aromatic N) is 4. The molecule has 154 valence electrons. The topological polar surface area (TPSA) is 87.0 Å². The smallest absolute Gasteiger partial charge is 0.323 e. The van der Waals surface area contributed by atoms with Crippen LogP contribution in [0.2, 0.25) is 0 Å². The van der Waals surface area contributed by atoms with Gasteiger partial charge in [0.1, 0.15) is 12.4 Å². The van der Waals surface area contributed by atoms with Gasteiger partial charge in [0.2, 0.25) is 5.95 Å². The fourth-order valence-corrected chi connectivity index (χ4v) is 3.85. The molecule has 31 heavy (non-hydrogen) atoms. The number of hydrogen-bond donors (Lipinski definition) is 2. The van der Waals surface area contributed by atoms with Crippen LogP contribution in [0.25, 0.3) is 22.1 Å². The van der Waals surface area contributed by atoms with Crippen molar-refractivity contribution in [3.8, 4) is 0 Å². The zero-order valence-corrected chi connectivity index (χ0v) is 16.8. The van der Waals surface area contributed by atoms with Crippen LogP contribution < -0.4 is 4.90 Å². The van der Waals surface area contributed by atoms with Crippen molar-refractivity contribution in [2.45, 2.75) is 13.1 Å². The maximum Gasteiger partial charge on any atom is 0.323 e. The van der Waals surface area contributed by atoms with Gasteiger partial charge in [-0.3, -0.25) is 4.79 Å². The molecule has 0 bridgehead atoms. The van der Waals surface area contributed by atoms with Gasteiger partial charge in [-0.05, 0) is 29.8 Å². The maximum absolute atomic E-state index is 11.7. The average molecular weight is 411 g/mol. The first-order valence-corrected chi connectivity index (χ1v) is 10.1. The summed E-state index contributed by atoms with van der Waals surface area (Å²) in [5.41, 5.74) is 4.68. The van der Waals surface area contributed by atoms with E-state index in [0.29, 0.717) is 24.9 Å². The van der Waals surface area contributed by atoms with E-state index in [2.05, 4.69) is 26.7 Å². The largest absolute Gasteiger partial charge is 0.480 e. The van der Waals surface area contributed by atoms with Crippen LogP contribution in [0.4, 0.5) is 5.95 Å². The molecule has 0 spiro atoms. The second-order valence-corrected chi connectivity index (χ2v) is 7.42. The van der Waals surface area contributed by atoms with Gasteiger partial charge >= 0.3 is 5.97 Å². The van der Waals surface area contributed by atoms with E-state index in [1.807, 2.05) is 66.7 Å². The molecule has 0 aliphatic carbocycles. The second kappa shape index (κ2) is 7.95. The Balaban J connectivity index is 1.58. The van der Waals surface area contributed by atoms with E-state index in [9.17, 15) is 9.90 Å². The number of aliphatic carboxylic acids is 1. The summed E-state index contributed by atoms with van der Waals surface area (Å²) in [5.74, 6) is 0.378. The van der Waals surface area contributed by atoms with Crippen molar-refractivity contribution in [3.05, 3.63) is 90.3 Å². The third-order valence-electron chi connectivity index (χ3n) is 5.21. The molecule has 0 atom stereocenters. The minimum Gasteiger partial charge on any atom is -0.480 e. The van der Waals surface area contributed by atoms with E-state index in [4.69, 9.17) is 4.98 Å². The predicted octanol–water partition coefficient (Wildman–Crippen LogP) is 4.05. The van der Waals surface area contributed by atoms with Crippen molar-refractivity contribution in [2.24, 2.45) is 0 Å². The summed E-state index contributed by atoms with van der Waals surface area (Å²) < 4.78 is 2.07. The molecule has 2 heterocycles. The van der Waals surface area contributed by atoms with Crippen molar-refractivity contribution in [1.29, 1.82) is 0 Å². The Bertz CT molecular complexity index is 1320. The normalized spacial score (nSPS) is 11.2. The van der Waals surface area contributed by atoms with E-state index < -0.39 is 5.97 Å². The van der Waals surface area contributed by atoms with Gasteiger partial charge in [-0.2, -0.15) is 0 Å². The number of carboxylic acid groups (broad SMARTS) is 1. The van der Waals surface area contributed by atoms with E-state index in [1.54, 1.807) is 4.90 Å². The number of imidazole rings is 2. The van der Waals surface area contributed by atoms with Gasteiger partial charge in [-0.15, -0.1) is 0 Å². The van der Waals surface area contributed by atoms with Gasteiger partial charge < -0.3 is 19.6 Å². The van der Waals surface area contributed by atoms with Gasteiger partial charge in [0.15, 0.2) is 0 Å². The lowest BCUT2D eigenvalue weighted by Crippen LogP contribution is -2.32. The standard InChI is InChI=1S/C24H21N5O2/c30-23(31)16-28(15-22-25-18-10-4-5-11-19(18)26-22)24-27-20-12-6-7-13-21(20)29(24)14-17-8-2-1-3-9-17/h1-13H,14-16H2,(H,25,26)(H,30,31). The zero-order valence-electron chi connectivity index (χ0n) is 16.8. The molecule has 0 fully saturated rings. The number of benzene rings is 3. The molecule has 5 rings (SSSR count). The van der Waals surface area contributed by atoms with E-state index in [-0.39, 0.29) is 6.54 Å². The van der Waals surface area contributed by atoms with Crippen LogP contribution in [0.1, 0.15) is 11.4 Å². The molecule has 3 aromatic carbocycles. The van der Waals surface area contributed by atoms with Gasteiger partial charge in [0.25, 0.3) is 0 Å². The molecule has 0 saturated heterocycles. The van der Waals surface area contributed by atoms with Crippen molar-refractivity contribution < 1.29 is 9.90 Å². The number of carboxylic acids is 1. The van der Waals surface area contributed by atoms with Crippen LogP contribution in [-0.4, -0.2) is 37.1 Å². The minimum absolute atomic E-state index is 0.185. The molecule has 5 aromatic rings. The first kappa shape index (κ1) is 18.9. The number of rotatable bonds is 7. The molecular weight excluding hydrogens is 390 g/mol. The number of anilines is 1. The van der Waals surface area contributed by atoms with E-state index in [0.717, 1.165) is 27.6 Å². The van der Waals surface area contributed by atoms with Gasteiger partial charge in [-0.1, -0.05) is 54.6 Å². The highest BCUT2D eigenvalue weighted by atomic mass is 16.4. The molecular formula is C24H21N5O2. The second-order valence-electron chi connectivity index (χ2n) is 7.42. The number of nitrogens with one attached hydrogen (secondary N) is 1. The van der Waals surface area contributed by atoms with Gasteiger partial charge in [0, 0.05) is 0 Å². The molecule has 2 aromatic heterocycles. The molecule has 0 unspecified atom stereocenters. The van der Waals surface area contributed by atoms with Crippen molar-refractivity contribution >= 4 is 34.0 Å². The SMILES string of the molecule is O=C(O)CN(Cc1nc2ccccc2[nH]1)c1nc2ccccc2n1Cc1ccccc1. The number of para-hydroxylation sites is 4. The van der Waals surface area contributed by atoms with Crippen LogP contribution in [0, 0.1) is 0 Å². The van der Waals surface area contributed by atoms with Crippen LogP contribution in [0.5, 0.6) is 0 Å². The summed E-state index contributed by atoms with van der Waals surface area (Å²) >= 11 is 0. The lowest BCUT2D eigenvalue weighted by Gasteiger charge is -2.22. The number of fused-ring (bicyclic) bond motifs is 2. The Kier molecular flexibility index (Phi) is 4.84. The molecule has 0 saturated carbocycles. The summed E-state index contributed by atoms with van der Waals surface area (Å²) in [7, 11) is 0. The highest BCUT2D eigenvalue weighted by Crippen LogP contribution is 2.25. The number of aromatic nitrogens is 4. The first-order chi connectivity index (χ1) is 15.2. The third kappa shape index (κ3) is 3.85. The summed E-state index contributed by atoms with van der Waals surface area (Å²) in [6, 6.07) is 25.7. The van der Waals surface area contributed by atoms with Gasteiger partial charge in [-0.25, -0.2) is 9.97 Å². The zero-order chi connectivity index (χ0) is 21.2. The lowest BCUT2D eigenvalue weighted by molar-refractivity contribution is -0.135. The molecule has 7 nitrogen and oxygen atoms in total. The monoisotopic (exact) mass is 411 g/mol. The highest BCUT2D eigenvalue weighted by molar-refractivity contribution is 5.81. The van der Waals surface area contributed by atoms with E-state index >= 15 is 0 Å². The lowest BCUT2D eigenvalue weighted by atomic mass is 10.2. The van der Waals surface area contributed by atoms with Crippen LogP contribution in [0.15, 0.2) is 78.9 Å². The average Bonchev–Trinajstić information content (AvgIpc) is 3.35. The minimum atomic E-state index is -0.922. The fourth-order valence-electron chi connectivity index (χ4n) is 3.85. The summed E-state index contributed by atoms with van der Waals surface area (Å²) in [6.45, 7) is 0.710. The number of aromatic amines is 1. The van der Waals surface area contributed by atoms with Crippen LogP contribution in [0.3, 0.4) is 0 Å². The molecule has 0 aliphatic rings. The Morgan fingerprint density at radius 2 is 1.61 bits per heavy atom. The third-order valence-corrected chi connectivity index (χ3v) is 5.21. The molecule has 0 amide bonds. The number of H-pyrrole nitrogens is 1. The van der Waals surface area contributed by atoms with Crippen LogP contribution in [-0.2, 0) is 17.9 Å². The summed E-state index contributed by atoms with van der Waals surface area (Å²) in [4.78, 5) is 26.2. The van der Waals surface area contributed by atoms with Crippen molar-refractivity contribution in [2.75, 3.05) is 11.4 Å². The number of carbonyl (C=O) groups is 1. The van der Waals surface area contributed by atoms with Crippen LogP contribution >= 0.6 is 0 Å². The van der Waals surface area contributed by atoms with E-state index in [1.165, 1.54) is 0 Å². The fraction of sp³-hybridized carbons (Fsp3) is 0.125. The predicted molar refractivity (Wildman–Crippen MR) is 120 cm³/mol.